The van der Waals surface area contributed by atoms with Crippen molar-refractivity contribution in [3.8, 4) is 0 Å². The Labute approximate surface area is 118 Å². The van der Waals surface area contributed by atoms with Crippen molar-refractivity contribution in [1.29, 1.82) is 0 Å². The zero-order chi connectivity index (χ0) is 14.4. The predicted molar refractivity (Wildman–Crippen MR) is 84.0 cm³/mol. The molecule has 0 aromatic heterocycles. The van der Waals surface area contributed by atoms with Crippen molar-refractivity contribution in [1.82, 2.24) is 0 Å². The molecule has 0 saturated heterocycles. The SMILES string of the molecule is CCC(=O)SCC(CCC(C)(C)C)CC(C)(C)C. The number of rotatable bonds is 6. The standard InChI is InChI=1S/C16H32OS/c1-8-14(17)18-12-13(11-16(5,6)7)9-10-15(2,3)4/h13H,8-12H2,1-7H3. The highest BCUT2D eigenvalue weighted by molar-refractivity contribution is 8.13. The van der Waals surface area contributed by atoms with Gasteiger partial charge in [0.1, 0.15) is 0 Å². The first kappa shape index (κ1) is 18.0. The summed E-state index contributed by atoms with van der Waals surface area (Å²) < 4.78 is 0. The molecule has 0 aromatic carbocycles. The summed E-state index contributed by atoms with van der Waals surface area (Å²) in [4.78, 5) is 11.4. The van der Waals surface area contributed by atoms with Crippen molar-refractivity contribution < 1.29 is 4.79 Å². The molecule has 0 amide bonds. The molecular formula is C16H32OS. The third-order valence-corrected chi connectivity index (χ3v) is 4.22. The van der Waals surface area contributed by atoms with Crippen molar-refractivity contribution in [2.75, 3.05) is 5.75 Å². The lowest BCUT2D eigenvalue weighted by Crippen LogP contribution is -2.18. The van der Waals surface area contributed by atoms with E-state index < -0.39 is 0 Å². The van der Waals surface area contributed by atoms with Crippen LogP contribution in [0.25, 0.3) is 0 Å². The molecule has 2 heteroatoms. The zero-order valence-electron chi connectivity index (χ0n) is 13.4. The summed E-state index contributed by atoms with van der Waals surface area (Å²) in [5.74, 6) is 1.67. The molecule has 0 heterocycles. The molecule has 0 saturated carbocycles. The molecular weight excluding hydrogens is 240 g/mol. The van der Waals surface area contributed by atoms with Gasteiger partial charge in [0.05, 0.1) is 0 Å². The van der Waals surface area contributed by atoms with Gasteiger partial charge in [-0.25, -0.2) is 0 Å². The molecule has 108 valence electrons. The quantitative estimate of drug-likeness (QED) is 0.632. The number of thioether (sulfide) groups is 1. The fraction of sp³-hybridized carbons (Fsp3) is 0.938. The van der Waals surface area contributed by atoms with Crippen LogP contribution in [0.15, 0.2) is 0 Å². The van der Waals surface area contributed by atoms with Gasteiger partial charge < -0.3 is 0 Å². The summed E-state index contributed by atoms with van der Waals surface area (Å²) in [5.41, 5.74) is 0.758. The van der Waals surface area contributed by atoms with E-state index in [0.29, 0.717) is 28.3 Å². The van der Waals surface area contributed by atoms with E-state index in [1.807, 2.05) is 6.92 Å². The maximum atomic E-state index is 11.4. The first-order valence-electron chi connectivity index (χ1n) is 7.19. The van der Waals surface area contributed by atoms with Crippen molar-refractivity contribution >= 4 is 16.9 Å². The Morgan fingerprint density at radius 2 is 1.61 bits per heavy atom. The topological polar surface area (TPSA) is 17.1 Å². The van der Waals surface area contributed by atoms with Gasteiger partial charge in [-0.3, -0.25) is 4.79 Å². The Hall–Kier alpha value is 0.0200. The zero-order valence-corrected chi connectivity index (χ0v) is 14.2. The summed E-state index contributed by atoms with van der Waals surface area (Å²) in [6, 6.07) is 0. The molecule has 0 aliphatic rings. The Bertz CT molecular complexity index is 245. The second-order valence-corrected chi connectivity index (χ2v) is 8.84. The fourth-order valence-electron chi connectivity index (χ4n) is 2.06. The first-order chi connectivity index (χ1) is 8.03. The van der Waals surface area contributed by atoms with Gasteiger partial charge in [0, 0.05) is 12.2 Å². The van der Waals surface area contributed by atoms with Crippen LogP contribution >= 0.6 is 11.8 Å². The molecule has 0 aliphatic carbocycles. The predicted octanol–water partition coefficient (Wildman–Crippen LogP) is 5.53. The number of carbonyl (C=O) groups excluding carboxylic acids is 1. The number of hydrogen-bond acceptors (Lipinski definition) is 2. The van der Waals surface area contributed by atoms with Crippen LogP contribution < -0.4 is 0 Å². The summed E-state index contributed by atoms with van der Waals surface area (Å²) in [6.45, 7) is 15.7. The Balaban J connectivity index is 4.29. The third kappa shape index (κ3) is 11.1. The summed E-state index contributed by atoms with van der Waals surface area (Å²) in [6.07, 6.45) is 4.36. The minimum absolute atomic E-state index is 0.338. The van der Waals surface area contributed by atoms with Crippen LogP contribution in [0.2, 0.25) is 0 Å². The van der Waals surface area contributed by atoms with Gasteiger partial charge >= 0.3 is 0 Å². The molecule has 0 rings (SSSR count). The van der Waals surface area contributed by atoms with E-state index in [9.17, 15) is 4.79 Å². The van der Waals surface area contributed by atoms with Crippen LogP contribution in [0.3, 0.4) is 0 Å². The second kappa shape index (κ2) is 7.57. The maximum absolute atomic E-state index is 11.4. The molecule has 0 fully saturated rings. The van der Waals surface area contributed by atoms with Crippen LogP contribution in [0.4, 0.5) is 0 Å². The molecule has 0 aromatic rings. The van der Waals surface area contributed by atoms with Crippen molar-refractivity contribution in [3.63, 3.8) is 0 Å². The van der Waals surface area contributed by atoms with Gasteiger partial charge in [-0.15, -0.1) is 0 Å². The molecule has 0 N–H and O–H groups in total. The fourth-order valence-corrected chi connectivity index (χ4v) is 2.97. The third-order valence-electron chi connectivity index (χ3n) is 2.97. The van der Waals surface area contributed by atoms with Crippen molar-refractivity contribution in [2.45, 2.75) is 74.1 Å². The van der Waals surface area contributed by atoms with Gasteiger partial charge in [-0.2, -0.15) is 0 Å². The largest absolute Gasteiger partial charge is 0.287 e. The molecule has 1 unspecified atom stereocenters. The van der Waals surface area contributed by atoms with E-state index in [-0.39, 0.29) is 0 Å². The smallest absolute Gasteiger partial charge is 0.188 e. The van der Waals surface area contributed by atoms with Crippen molar-refractivity contribution in [2.24, 2.45) is 16.7 Å². The second-order valence-electron chi connectivity index (χ2n) is 7.77. The lowest BCUT2D eigenvalue weighted by atomic mass is 9.80. The first-order valence-corrected chi connectivity index (χ1v) is 8.18. The van der Waals surface area contributed by atoms with Crippen LogP contribution in [0, 0.1) is 16.7 Å². The van der Waals surface area contributed by atoms with E-state index in [0.717, 1.165) is 5.75 Å². The number of hydrogen-bond donors (Lipinski definition) is 0. The monoisotopic (exact) mass is 272 g/mol. The Morgan fingerprint density at radius 3 is 2.00 bits per heavy atom. The summed E-state index contributed by atoms with van der Waals surface area (Å²) >= 11 is 1.54. The molecule has 0 aliphatic heterocycles. The Morgan fingerprint density at radius 1 is 1.06 bits per heavy atom. The van der Waals surface area contributed by atoms with Gasteiger partial charge in [0.2, 0.25) is 0 Å². The van der Waals surface area contributed by atoms with E-state index in [4.69, 9.17) is 0 Å². The molecule has 0 bridgehead atoms. The summed E-state index contributed by atoms with van der Waals surface area (Å²) in [7, 11) is 0. The van der Waals surface area contributed by atoms with Crippen LogP contribution in [-0.4, -0.2) is 10.9 Å². The normalized spacial score (nSPS) is 14.6. The average Bonchev–Trinajstić information content (AvgIpc) is 2.18. The highest BCUT2D eigenvalue weighted by atomic mass is 32.2. The summed E-state index contributed by atoms with van der Waals surface area (Å²) in [5, 5.41) is 0.338. The van der Waals surface area contributed by atoms with Crippen molar-refractivity contribution in [3.05, 3.63) is 0 Å². The van der Waals surface area contributed by atoms with Crippen LogP contribution in [0.1, 0.15) is 74.1 Å². The lowest BCUT2D eigenvalue weighted by molar-refractivity contribution is -0.110. The van der Waals surface area contributed by atoms with E-state index in [1.165, 1.54) is 31.0 Å². The molecule has 1 atom stereocenters. The Kier molecular flexibility index (Phi) is 7.58. The molecule has 1 nitrogen and oxygen atoms in total. The van der Waals surface area contributed by atoms with Gasteiger partial charge in [-0.05, 0) is 36.0 Å². The maximum Gasteiger partial charge on any atom is 0.188 e. The highest BCUT2D eigenvalue weighted by Gasteiger charge is 2.21. The van der Waals surface area contributed by atoms with Crippen LogP contribution in [0.5, 0.6) is 0 Å². The minimum atomic E-state index is 0.338. The molecule has 0 spiro atoms. The highest BCUT2D eigenvalue weighted by Crippen LogP contribution is 2.33. The van der Waals surface area contributed by atoms with Gasteiger partial charge in [0.25, 0.3) is 0 Å². The average molecular weight is 272 g/mol. The molecule has 18 heavy (non-hydrogen) atoms. The van der Waals surface area contributed by atoms with E-state index in [2.05, 4.69) is 41.5 Å². The minimum Gasteiger partial charge on any atom is -0.287 e. The van der Waals surface area contributed by atoms with Gasteiger partial charge in [-0.1, -0.05) is 60.2 Å². The number of carbonyl (C=O) groups is 1. The lowest BCUT2D eigenvalue weighted by Gasteiger charge is -2.28. The molecule has 0 radical (unpaired) electrons. The van der Waals surface area contributed by atoms with E-state index in [1.54, 1.807) is 0 Å². The van der Waals surface area contributed by atoms with E-state index >= 15 is 0 Å². The van der Waals surface area contributed by atoms with Gasteiger partial charge in [0.15, 0.2) is 5.12 Å². The van der Waals surface area contributed by atoms with Crippen LogP contribution in [-0.2, 0) is 4.79 Å².